The van der Waals surface area contributed by atoms with Gasteiger partial charge in [-0.3, -0.25) is 0 Å². The van der Waals surface area contributed by atoms with Crippen LogP contribution in [0, 0.1) is 0 Å². The maximum Gasteiger partial charge on any atom is 0.416 e. The molecule has 1 saturated heterocycles. The fourth-order valence-electron chi connectivity index (χ4n) is 3.95. The Morgan fingerprint density at radius 3 is 2.25 bits per heavy atom. The first-order valence-electron chi connectivity index (χ1n) is 10.3. The maximum absolute atomic E-state index is 13.4. The van der Waals surface area contributed by atoms with E-state index in [0.717, 1.165) is 17.5 Å². The molecule has 0 atom stereocenters. The molecule has 5 nitrogen and oxygen atoms in total. The molecule has 0 amide bonds. The van der Waals surface area contributed by atoms with E-state index in [9.17, 15) is 21.6 Å². The Labute approximate surface area is 185 Å². The van der Waals surface area contributed by atoms with Gasteiger partial charge in [0.15, 0.2) is 0 Å². The molecule has 3 aromatic carbocycles. The van der Waals surface area contributed by atoms with Crippen molar-refractivity contribution in [1.82, 2.24) is 4.31 Å². The van der Waals surface area contributed by atoms with Crippen molar-refractivity contribution in [2.24, 2.45) is 0 Å². The predicted molar refractivity (Wildman–Crippen MR) is 118 cm³/mol. The van der Waals surface area contributed by atoms with E-state index in [0.29, 0.717) is 36.5 Å². The number of ether oxygens (including phenoxy) is 1. The van der Waals surface area contributed by atoms with E-state index in [1.807, 2.05) is 19.1 Å². The highest BCUT2D eigenvalue weighted by Crippen LogP contribution is 2.34. The number of benzene rings is 3. The van der Waals surface area contributed by atoms with E-state index in [4.69, 9.17) is 4.74 Å². The number of halogens is 3. The predicted octanol–water partition coefficient (Wildman–Crippen LogP) is 4.77. The third kappa shape index (κ3) is 4.27. The molecule has 1 fully saturated rings. The maximum atomic E-state index is 13.4. The summed E-state index contributed by atoms with van der Waals surface area (Å²) < 4.78 is 72.9. The molecule has 170 valence electrons. The molecule has 0 aromatic heterocycles. The zero-order valence-electron chi connectivity index (χ0n) is 17.5. The highest BCUT2D eigenvalue weighted by Gasteiger charge is 2.33. The summed E-state index contributed by atoms with van der Waals surface area (Å²) in [4.78, 5) is 1.97. The number of hydrogen-bond acceptors (Lipinski definition) is 4. The second-order valence-corrected chi connectivity index (χ2v) is 9.39. The quantitative estimate of drug-likeness (QED) is 0.546. The number of alkyl halides is 3. The molecule has 0 aliphatic carbocycles. The minimum Gasteiger partial charge on any atom is -0.493 e. The Balaban J connectivity index is 1.57. The highest BCUT2D eigenvalue weighted by atomic mass is 32.2. The zero-order valence-corrected chi connectivity index (χ0v) is 18.3. The summed E-state index contributed by atoms with van der Waals surface area (Å²) in [6.07, 6.45) is -4.42. The standard InChI is InChI=1S/C23H23F3N2O3S/c1-2-31-21-10-11-22(20-9-4-3-8-19(20)21)32(29,30)28-14-12-27(13-15-28)18-7-5-6-17(16-18)23(24,25)26/h3-11,16H,2,12-15H2,1H3. The number of hydrogen-bond donors (Lipinski definition) is 0. The molecule has 0 saturated carbocycles. The smallest absolute Gasteiger partial charge is 0.416 e. The summed E-state index contributed by atoms with van der Waals surface area (Å²) in [5.41, 5.74) is -0.283. The van der Waals surface area contributed by atoms with Gasteiger partial charge in [0.2, 0.25) is 10.0 Å². The Hall–Kier alpha value is -2.78. The van der Waals surface area contributed by atoms with Gasteiger partial charge in [-0.25, -0.2) is 8.42 Å². The minimum atomic E-state index is -4.42. The van der Waals surface area contributed by atoms with Crippen LogP contribution in [0.15, 0.2) is 65.6 Å². The van der Waals surface area contributed by atoms with Crippen molar-refractivity contribution in [2.45, 2.75) is 18.0 Å². The first-order valence-corrected chi connectivity index (χ1v) is 11.7. The van der Waals surface area contributed by atoms with E-state index in [2.05, 4.69) is 0 Å². The first-order chi connectivity index (χ1) is 15.2. The highest BCUT2D eigenvalue weighted by molar-refractivity contribution is 7.89. The van der Waals surface area contributed by atoms with Gasteiger partial charge in [0.05, 0.1) is 17.1 Å². The van der Waals surface area contributed by atoms with E-state index in [-0.39, 0.29) is 18.0 Å². The van der Waals surface area contributed by atoms with Gasteiger partial charge < -0.3 is 9.64 Å². The molecule has 1 aliphatic rings. The van der Waals surface area contributed by atoms with Crippen molar-refractivity contribution in [1.29, 1.82) is 0 Å². The van der Waals surface area contributed by atoms with Gasteiger partial charge in [0.25, 0.3) is 0 Å². The van der Waals surface area contributed by atoms with Gasteiger partial charge in [-0.1, -0.05) is 30.3 Å². The van der Waals surface area contributed by atoms with Crippen LogP contribution < -0.4 is 9.64 Å². The van der Waals surface area contributed by atoms with E-state index < -0.39 is 21.8 Å². The molecule has 0 bridgehead atoms. The largest absolute Gasteiger partial charge is 0.493 e. The number of anilines is 1. The van der Waals surface area contributed by atoms with Crippen LogP contribution in [0.25, 0.3) is 10.8 Å². The molecular weight excluding hydrogens is 441 g/mol. The number of fused-ring (bicyclic) bond motifs is 1. The third-order valence-electron chi connectivity index (χ3n) is 5.54. The van der Waals surface area contributed by atoms with Crippen molar-refractivity contribution in [3.8, 4) is 5.75 Å². The minimum absolute atomic E-state index is 0.181. The molecule has 0 radical (unpaired) electrons. The summed E-state index contributed by atoms with van der Waals surface area (Å²) in [7, 11) is -3.79. The van der Waals surface area contributed by atoms with Crippen LogP contribution in [-0.4, -0.2) is 45.5 Å². The van der Waals surface area contributed by atoms with Gasteiger partial charge >= 0.3 is 6.18 Å². The number of sulfonamides is 1. The van der Waals surface area contributed by atoms with Crippen molar-refractivity contribution >= 4 is 26.5 Å². The van der Waals surface area contributed by atoms with Gasteiger partial charge in [-0.05, 0) is 37.3 Å². The lowest BCUT2D eigenvalue weighted by Crippen LogP contribution is -2.48. The lowest BCUT2D eigenvalue weighted by atomic mass is 10.1. The van der Waals surface area contributed by atoms with Crippen LogP contribution in [0.3, 0.4) is 0 Å². The molecule has 32 heavy (non-hydrogen) atoms. The number of rotatable bonds is 5. The fourth-order valence-corrected chi connectivity index (χ4v) is 5.57. The lowest BCUT2D eigenvalue weighted by Gasteiger charge is -2.35. The van der Waals surface area contributed by atoms with Crippen LogP contribution in [0.4, 0.5) is 18.9 Å². The molecule has 0 spiro atoms. The first kappa shape index (κ1) is 22.4. The summed E-state index contributed by atoms with van der Waals surface area (Å²) in [6, 6.07) is 15.5. The Bertz CT molecular complexity index is 1220. The van der Waals surface area contributed by atoms with Crippen LogP contribution in [-0.2, 0) is 16.2 Å². The molecule has 4 rings (SSSR count). The molecule has 9 heteroatoms. The van der Waals surface area contributed by atoms with E-state index in [1.54, 1.807) is 35.2 Å². The van der Waals surface area contributed by atoms with E-state index >= 15 is 0 Å². The average molecular weight is 465 g/mol. The SMILES string of the molecule is CCOc1ccc(S(=O)(=O)N2CCN(c3cccc(C(F)(F)F)c3)CC2)c2ccccc12. The normalized spacial score (nSPS) is 15.8. The summed E-state index contributed by atoms with van der Waals surface area (Å²) in [5.74, 6) is 0.622. The van der Waals surface area contributed by atoms with Crippen molar-refractivity contribution in [3.63, 3.8) is 0 Å². The summed E-state index contributed by atoms with van der Waals surface area (Å²) in [5, 5.41) is 1.30. The van der Waals surface area contributed by atoms with Gasteiger partial charge in [0.1, 0.15) is 5.75 Å². The summed E-state index contributed by atoms with van der Waals surface area (Å²) in [6.45, 7) is 3.29. The van der Waals surface area contributed by atoms with Crippen LogP contribution in [0.5, 0.6) is 5.75 Å². The zero-order chi connectivity index (χ0) is 22.9. The second kappa shape index (κ2) is 8.63. The molecule has 0 unspecified atom stereocenters. The Morgan fingerprint density at radius 2 is 1.59 bits per heavy atom. The monoisotopic (exact) mass is 464 g/mol. The molecule has 3 aromatic rings. The van der Waals surface area contributed by atoms with Gasteiger partial charge in [-0.15, -0.1) is 0 Å². The van der Waals surface area contributed by atoms with E-state index in [1.165, 1.54) is 10.4 Å². The molecule has 1 heterocycles. The topological polar surface area (TPSA) is 49.9 Å². The second-order valence-electron chi connectivity index (χ2n) is 7.48. The molecule has 0 N–H and O–H groups in total. The average Bonchev–Trinajstić information content (AvgIpc) is 2.79. The Morgan fingerprint density at radius 1 is 0.906 bits per heavy atom. The van der Waals surface area contributed by atoms with Gasteiger partial charge in [-0.2, -0.15) is 17.5 Å². The molecular formula is C23H23F3N2O3S. The number of piperazine rings is 1. The summed E-state index contributed by atoms with van der Waals surface area (Å²) >= 11 is 0. The third-order valence-corrected chi connectivity index (χ3v) is 7.50. The van der Waals surface area contributed by atoms with Crippen molar-refractivity contribution in [2.75, 3.05) is 37.7 Å². The Kier molecular flexibility index (Phi) is 6.05. The molecule has 1 aliphatic heterocycles. The van der Waals surface area contributed by atoms with Crippen LogP contribution >= 0.6 is 0 Å². The van der Waals surface area contributed by atoms with Crippen LogP contribution in [0.1, 0.15) is 12.5 Å². The van der Waals surface area contributed by atoms with Gasteiger partial charge in [0, 0.05) is 42.6 Å². The fraction of sp³-hybridized carbons (Fsp3) is 0.304. The van der Waals surface area contributed by atoms with Crippen LogP contribution in [0.2, 0.25) is 0 Å². The van der Waals surface area contributed by atoms with Crippen molar-refractivity contribution in [3.05, 3.63) is 66.2 Å². The number of nitrogens with zero attached hydrogens (tertiary/aromatic N) is 2. The lowest BCUT2D eigenvalue weighted by molar-refractivity contribution is -0.137. The van der Waals surface area contributed by atoms with Crippen molar-refractivity contribution < 1.29 is 26.3 Å².